The molecule has 0 aliphatic carbocycles. The highest BCUT2D eigenvalue weighted by atomic mass is 127. The molecule has 60 valence electrons. The Morgan fingerprint density at radius 1 is 1.18 bits per heavy atom. The fraction of sp³-hybridized carbons (Fsp3) is 0.250. The Kier molecular flexibility index (Phi) is 3.96. The van der Waals surface area contributed by atoms with E-state index < -0.39 is 0 Å². The van der Waals surface area contributed by atoms with Crippen LogP contribution in [0.3, 0.4) is 0 Å². The van der Waals surface area contributed by atoms with Gasteiger partial charge in [0, 0.05) is 4.43 Å². The van der Waals surface area contributed by atoms with Crippen molar-refractivity contribution in [2.75, 3.05) is 4.43 Å². The summed E-state index contributed by atoms with van der Waals surface area (Å²) < 4.78 is 1.11. The monoisotopic (exact) mass is 300 g/mol. The van der Waals surface area contributed by atoms with Crippen molar-refractivity contribution in [3.8, 4) is 0 Å². The van der Waals surface area contributed by atoms with Crippen LogP contribution in [0.5, 0.6) is 0 Å². The lowest BCUT2D eigenvalue weighted by molar-refractivity contribution is 1.18. The Balaban J connectivity index is 2.86. The maximum absolute atomic E-state index is 5.82. The fourth-order valence-electron chi connectivity index (χ4n) is 0.804. The summed E-state index contributed by atoms with van der Waals surface area (Å²) in [6.45, 7) is 0. The molecule has 3 heteroatoms. The zero-order chi connectivity index (χ0) is 8.27. The van der Waals surface area contributed by atoms with Crippen LogP contribution >= 0.6 is 45.8 Å². The molecule has 0 amide bonds. The van der Waals surface area contributed by atoms with Gasteiger partial charge in [0.1, 0.15) is 0 Å². The molecule has 0 aliphatic heterocycles. The van der Waals surface area contributed by atoms with Crippen LogP contribution in [0.25, 0.3) is 0 Å². The van der Waals surface area contributed by atoms with Gasteiger partial charge in [-0.05, 0) is 24.1 Å². The van der Waals surface area contributed by atoms with E-state index >= 15 is 0 Å². The van der Waals surface area contributed by atoms with Crippen molar-refractivity contribution in [3.63, 3.8) is 0 Å². The highest BCUT2D eigenvalue weighted by Gasteiger charge is 1.97. The number of benzene rings is 1. The minimum atomic E-state index is 0.629. The van der Waals surface area contributed by atoms with Gasteiger partial charge in [-0.3, -0.25) is 0 Å². The molecule has 0 atom stereocenters. The van der Waals surface area contributed by atoms with Gasteiger partial charge >= 0.3 is 0 Å². The summed E-state index contributed by atoms with van der Waals surface area (Å²) in [5.41, 5.74) is 1.24. The third-order valence-electron chi connectivity index (χ3n) is 1.37. The zero-order valence-corrected chi connectivity index (χ0v) is 9.45. The summed E-state index contributed by atoms with van der Waals surface area (Å²) in [5, 5.41) is 1.28. The van der Waals surface area contributed by atoms with E-state index in [0.717, 1.165) is 10.8 Å². The van der Waals surface area contributed by atoms with Crippen LogP contribution in [0.1, 0.15) is 5.56 Å². The van der Waals surface area contributed by atoms with Crippen LogP contribution in [0.4, 0.5) is 0 Å². The molecule has 0 fully saturated rings. The van der Waals surface area contributed by atoms with Crippen LogP contribution in [0, 0.1) is 0 Å². The van der Waals surface area contributed by atoms with Gasteiger partial charge in [-0.1, -0.05) is 51.9 Å². The molecule has 0 saturated heterocycles. The molecule has 0 nitrogen and oxygen atoms in total. The van der Waals surface area contributed by atoms with Crippen molar-refractivity contribution >= 4 is 45.8 Å². The lowest BCUT2D eigenvalue weighted by Gasteiger charge is -1.99. The van der Waals surface area contributed by atoms with E-state index in [1.54, 1.807) is 0 Å². The largest absolute Gasteiger partial charge is 0.0860 e. The van der Waals surface area contributed by atoms with E-state index in [4.69, 9.17) is 23.2 Å². The van der Waals surface area contributed by atoms with E-state index in [0.29, 0.717) is 10.0 Å². The molecule has 11 heavy (non-hydrogen) atoms. The molecule has 1 rings (SSSR count). The SMILES string of the molecule is Clc1ccc(CCI)cc1Cl. The van der Waals surface area contributed by atoms with Crippen LogP contribution in [0.15, 0.2) is 18.2 Å². The van der Waals surface area contributed by atoms with Gasteiger partial charge in [0.15, 0.2) is 0 Å². The Labute approximate surface area is 90.0 Å². The predicted molar refractivity (Wildman–Crippen MR) is 59.1 cm³/mol. The third-order valence-corrected chi connectivity index (χ3v) is 2.65. The lowest BCUT2D eigenvalue weighted by atomic mass is 10.2. The van der Waals surface area contributed by atoms with E-state index in [2.05, 4.69) is 22.6 Å². The molecule has 0 N–H and O–H groups in total. The standard InChI is InChI=1S/C8H7Cl2I/c9-7-2-1-6(3-4-11)5-8(7)10/h1-2,5H,3-4H2. The van der Waals surface area contributed by atoms with Gasteiger partial charge in [0.25, 0.3) is 0 Å². The van der Waals surface area contributed by atoms with Gasteiger partial charge in [-0.15, -0.1) is 0 Å². The van der Waals surface area contributed by atoms with Crippen LogP contribution < -0.4 is 0 Å². The molecule has 0 spiro atoms. The quantitative estimate of drug-likeness (QED) is 0.573. The molecule has 0 aliphatic rings. The van der Waals surface area contributed by atoms with E-state index in [1.807, 2.05) is 18.2 Å². The first-order chi connectivity index (χ1) is 5.24. The number of halogens is 3. The molecule has 0 heterocycles. The van der Waals surface area contributed by atoms with Crippen molar-refractivity contribution in [3.05, 3.63) is 33.8 Å². The predicted octanol–water partition coefficient (Wildman–Crippen LogP) is 3.97. The Bertz CT molecular complexity index is 248. The molecule has 1 aromatic carbocycles. The second-order valence-electron chi connectivity index (χ2n) is 2.19. The number of aryl methyl sites for hydroxylation is 1. The average Bonchev–Trinajstić information content (AvgIpc) is 1.98. The molecule has 0 unspecified atom stereocenters. The molecular weight excluding hydrogens is 294 g/mol. The van der Waals surface area contributed by atoms with Gasteiger partial charge < -0.3 is 0 Å². The Morgan fingerprint density at radius 2 is 1.91 bits per heavy atom. The second kappa shape index (κ2) is 4.53. The highest BCUT2D eigenvalue weighted by molar-refractivity contribution is 14.1. The Morgan fingerprint density at radius 3 is 2.45 bits per heavy atom. The molecule has 0 radical (unpaired) electrons. The van der Waals surface area contributed by atoms with Crippen molar-refractivity contribution in [2.45, 2.75) is 6.42 Å². The first-order valence-electron chi connectivity index (χ1n) is 3.24. The molecule has 0 saturated carbocycles. The highest BCUT2D eigenvalue weighted by Crippen LogP contribution is 2.22. The van der Waals surface area contributed by atoms with E-state index in [9.17, 15) is 0 Å². The number of hydrogen-bond donors (Lipinski definition) is 0. The summed E-state index contributed by atoms with van der Waals surface area (Å²) in [6, 6.07) is 5.76. The lowest BCUT2D eigenvalue weighted by Crippen LogP contribution is -1.84. The normalized spacial score (nSPS) is 10.1. The Hall–Kier alpha value is 0.530. The molecule has 0 bridgehead atoms. The minimum Gasteiger partial charge on any atom is -0.0860 e. The van der Waals surface area contributed by atoms with Gasteiger partial charge in [0.05, 0.1) is 10.0 Å². The summed E-state index contributed by atoms with van der Waals surface area (Å²) in [6.07, 6.45) is 1.05. The van der Waals surface area contributed by atoms with E-state index in [1.165, 1.54) is 5.56 Å². The van der Waals surface area contributed by atoms with Crippen molar-refractivity contribution in [1.29, 1.82) is 0 Å². The van der Waals surface area contributed by atoms with Crippen molar-refractivity contribution in [1.82, 2.24) is 0 Å². The summed E-state index contributed by atoms with van der Waals surface area (Å²) in [4.78, 5) is 0. The zero-order valence-electron chi connectivity index (χ0n) is 5.78. The van der Waals surface area contributed by atoms with Gasteiger partial charge in [-0.2, -0.15) is 0 Å². The van der Waals surface area contributed by atoms with Crippen LogP contribution in [-0.2, 0) is 6.42 Å². The summed E-state index contributed by atoms with van der Waals surface area (Å²) in [5.74, 6) is 0. The van der Waals surface area contributed by atoms with Crippen LogP contribution in [-0.4, -0.2) is 4.43 Å². The number of alkyl halides is 1. The maximum atomic E-state index is 5.82. The molecule has 1 aromatic rings. The fourth-order valence-corrected chi connectivity index (χ4v) is 1.75. The maximum Gasteiger partial charge on any atom is 0.0595 e. The minimum absolute atomic E-state index is 0.629. The summed E-state index contributed by atoms with van der Waals surface area (Å²) >= 11 is 13.9. The van der Waals surface area contributed by atoms with Gasteiger partial charge in [-0.25, -0.2) is 0 Å². The molecular formula is C8H7Cl2I. The van der Waals surface area contributed by atoms with Gasteiger partial charge in [0.2, 0.25) is 0 Å². The molecule has 0 aromatic heterocycles. The van der Waals surface area contributed by atoms with Crippen molar-refractivity contribution < 1.29 is 0 Å². The third kappa shape index (κ3) is 2.80. The summed E-state index contributed by atoms with van der Waals surface area (Å²) in [7, 11) is 0. The second-order valence-corrected chi connectivity index (χ2v) is 4.08. The number of hydrogen-bond acceptors (Lipinski definition) is 0. The van der Waals surface area contributed by atoms with Crippen molar-refractivity contribution in [2.24, 2.45) is 0 Å². The average molecular weight is 301 g/mol. The van der Waals surface area contributed by atoms with Crippen LogP contribution in [0.2, 0.25) is 10.0 Å². The first kappa shape index (κ1) is 9.62. The smallest absolute Gasteiger partial charge is 0.0595 e. The first-order valence-corrected chi connectivity index (χ1v) is 5.52. The topological polar surface area (TPSA) is 0 Å². The van der Waals surface area contributed by atoms with E-state index in [-0.39, 0.29) is 0 Å². The number of rotatable bonds is 2.